The number of hydrogen-bond donors (Lipinski definition) is 0. The third-order valence-electron chi connectivity index (χ3n) is 3.98. The first-order valence-corrected chi connectivity index (χ1v) is 8.55. The zero-order valence-electron chi connectivity index (χ0n) is 16.4. The molecular weight excluding hydrogens is 481 g/mol. The highest BCUT2D eigenvalue weighted by molar-refractivity contribution is 5.75. The molecule has 0 amide bonds. The molecule has 32 heavy (non-hydrogen) atoms. The molecule has 0 fully saturated rings. The van der Waals surface area contributed by atoms with Gasteiger partial charge >= 0.3 is 12.4 Å². The van der Waals surface area contributed by atoms with Crippen molar-refractivity contribution in [3.8, 4) is 0 Å². The minimum atomic E-state index is -4.44. The van der Waals surface area contributed by atoms with Crippen LogP contribution in [0.25, 0.3) is 22.1 Å². The Kier molecular flexibility index (Phi) is 8.76. The molecule has 0 bridgehead atoms. The van der Waals surface area contributed by atoms with Gasteiger partial charge in [-0.05, 0) is 49.2 Å². The summed E-state index contributed by atoms with van der Waals surface area (Å²) in [6.45, 7) is 3.64. The van der Waals surface area contributed by atoms with Crippen molar-refractivity contribution in [1.82, 2.24) is 19.9 Å². The van der Waals surface area contributed by atoms with E-state index in [1.54, 1.807) is 37.3 Å². The number of alkyl halides is 6. The van der Waals surface area contributed by atoms with Gasteiger partial charge in [-0.2, -0.15) is 26.3 Å². The number of benzene rings is 2. The van der Waals surface area contributed by atoms with E-state index in [9.17, 15) is 26.3 Å². The second kappa shape index (κ2) is 10.3. The lowest BCUT2D eigenvalue weighted by Gasteiger charge is -2.05. The van der Waals surface area contributed by atoms with Gasteiger partial charge in [-0.1, -0.05) is 12.1 Å². The van der Waals surface area contributed by atoms with Crippen LogP contribution in [0.2, 0.25) is 0 Å². The quantitative estimate of drug-likeness (QED) is 0.321. The molecule has 172 valence electrons. The maximum absolute atomic E-state index is 12.3. The number of hydrogen-bond acceptors (Lipinski definition) is 4. The molecule has 0 spiro atoms. The summed E-state index contributed by atoms with van der Waals surface area (Å²) in [4.78, 5) is 14.5. The first-order valence-electron chi connectivity index (χ1n) is 8.55. The summed E-state index contributed by atoms with van der Waals surface area (Å²) >= 11 is 0. The molecule has 4 aromatic rings. The number of halogens is 8. The van der Waals surface area contributed by atoms with E-state index in [4.69, 9.17) is 0 Å². The molecular formula is C20H14Cl2F6N4-2. The molecule has 0 aliphatic heterocycles. The van der Waals surface area contributed by atoms with Crippen LogP contribution in [0, 0.1) is 13.8 Å². The second-order valence-corrected chi connectivity index (χ2v) is 6.49. The lowest BCUT2D eigenvalue weighted by Crippen LogP contribution is -3.00. The molecule has 0 saturated heterocycles. The summed E-state index contributed by atoms with van der Waals surface area (Å²) in [7, 11) is 0. The van der Waals surface area contributed by atoms with Gasteiger partial charge in [-0.25, -0.2) is 9.97 Å². The number of fused-ring (bicyclic) bond motifs is 2. The summed E-state index contributed by atoms with van der Waals surface area (Å²) in [5.41, 5.74) is 1.35. The Labute approximate surface area is 190 Å². The Hall–Kier alpha value is -2.72. The minimum Gasteiger partial charge on any atom is -1.00 e. The van der Waals surface area contributed by atoms with Crippen molar-refractivity contribution >= 4 is 22.1 Å². The Balaban J connectivity index is 0.000000301. The van der Waals surface area contributed by atoms with E-state index in [0.29, 0.717) is 11.0 Å². The Morgan fingerprint density at radius 1 is 0.562 bits per heavy atom. The van der Waals surface area contributed by atoms with Crippen LogP contribution in [0.4, 0.5) is 26.3 Å². The van der Waals surface area contributed by atoms with Gasteiger partial charge < -0.3 is 24.8 Å². The standard InChI is InChI=1S/2C10H7F3N2.2ClH/c1-6-2-3-7-8(4-6)14-5-9(15-7)10(11,12)13;1-6-2-3-7-8(4-6)15-9(5-14-7)10(11,12)13;;/h2*2-5H,1H3;2*1H/p-2. The van der Waals surface area contributed by atoms with Gasteiger partial charge in [0.15, 0.2) is 11.4 Å². The van der Waals surface area contributed by atoms with Crippen LogP contribution in [0.5, 0.6) is 0 Å². The van der Waals surface area contributed by atoms with Crippen molar-refractivity contribution in [2.45, 2.75) is 26.2 Å². The zero-order valence-corrected chi connectivity index (χ0v) is 17.9. The second-order valence-electron chi connectivity index (χ2n) is 6.49. The lowest BCUT2D eigenvalue weighted by molar-refractivity contribution is -0.142. The highest BCUT2D eigenvalue weighted by Gasteiger charge is 2.33. The molecule has 4 rings (SSSR count). The van der Waals surface area contributed by atoms with E-state index in [1.807, 2.05) is 6.92 Å². The van der Waals surface area contributed by atoms with Gasteiger partial charge in [-0.15, -0.1) is 0 Å². The maximum Gasteiger partial charge on any atom is 0.434 e. The highest BCUT2D eigenvalue weighted by atomic mass is 35.5. The number of rotatable bonds is 0. The molecule has 2 aromatic carbocycles. The van der Waals surface area contributed by atoms with Crippen molar-refractivity contribution in [2.75, 3.05) is 0 Å². The van der Waals surface area contributed by atoms with Crippen molar-refractivity contribution in [3.63, 3.8) is 0 Å². The number of aryl methyl sites for hydroxylation is 2. The first-order chi connectivity index (χ1) is 13.9. The lowest BCUT2D eigenvalue weighted by atomic mass is 10.2. The summed E-state index contributed by atoms with van der Waals surface area (Å²) in [5, 5.41) is 0. The van der Waals surface area contributed by atoms with E-state index < -0.39 is 23.7 Å². The topological polar surface area (TPSA) is 51.6 Å². The molecule has 4 nitrogen and oxygen atoms in total. The largest absolute Gasteiger partial charge is 1.00 e. The van der Waals surface area contributed by atoms with Gasteiger partial charge in [0.25, 0.3) is 0 Å². The van der Waals surface area contributed by atoms with E-state index >= 15 is 0 Å². The molecule has 0 aliphatic carbocycles. The average molecular weight is 495 g/mol. The van der Waals surface area contributed by atoms with Gasteiger partial charge in [0.1, 0.15) is 0 Å². The van der Waals surface area contributed by atoms with E-state index in [0.717, 1.165) is 23.5 Å². The van der Waals surface area contributed by atoms with Gasteiger partial charge in [0.2, 0.25) is 0 Å². The summed E-state index contributed by atoms with van der Waals surface area (Å²) in [5.74, 6) is 0. The molecule has 12 heteroatoms. The Bertz CT molecular complexity index is 1210. The SMILES string of the molecule is Cc1ccc2nc(C(F)(F)F)cnc2c1.Cc1ccc2ncc(C(F)(F)F)nc2c1.[Cl-].[Cl-]. The molecule has 0 unspecified atom stereocenters. The molecule has 0 radical (unpaired) electrons. The number of aromatic nitrogens is 4. The summed E-state index contributed by atoms with van der Waals surface area (Å²) in [6.07, 6.45) is -7.38. The zero-order chi connectivity index (χ0) is 22.1. The predicted molar refractivity (Wildman–Crippen MR) is 98.6 cm³/mol. The first kappa shape index (κ1) is 27.3. The summed E-state index contributed by atoms with van der Waals surface area (Å²) < 4.78 is 73.8. The summed E-state index contributed by atoms with van der Waals surface area (Å²) in [6, 6.07) is 9.95. The van der Waals surface area contributed by atoms with Crippen LogP contribution in [-0.4, -0.2) is 19.9 Å². The minimum absolute atomic E-state index is 0. The van der Waals surface area contributed by atoms with Crippen LogP contribution < -0.4 is 24.8 Å². The fraction of sp³-hybridized carbons (Fsp3) is 0.200. The van der Waals surface area contributed by atoms with Crippen LogP contribution >= 0.6 is 0 Å². The molecule has 0 aliphatic rings. The fourth-order valence-electron chi connectivity index (χ4n) is 2.52. The van der Waals surface area contributed by atoms with Gasteiger partial charge in [0.05, 0.1) is 34.5 Å². The monoisotopic (exact) mass is 494 g/mol. The van der Waals surface area contributed by atoms with E-state index in [1.165, 1.54) is 6.07 Å². The smallest absolute Gasteiger partial charge is 0.434 e. The van der Waals surface area contributed by atoms with Crippen LogP contribution in [0.1, 0.15) is 22.5 Å². The molecule has 2 heterocycles. The fourth-order valence-corrected chi connectivity index (χ4v) is 2.52. The third-order valence-corrected chi connectivity index (χ3v) is 3.98. The van der Waals surface area contributed by atoms with Crippen molar-refractivity contribution in [1.29, 1.82) is 0 Å². The normalized spacial score (nSPS) is 11.2. The van der Waals surface area contributed by atoms with Crippen LogP contribution in [-0.2, 0) is 12.4 Å². The highest BCUT2D eigenvalue weighted by Crippen LogP contribution is 2.29. The van der Waals surface area contributed by atoms with Crippen molar-refractivity contribution < 1.29 is 51.2 Å². The van der Waals surface area contributed by atoms with Gasteiger partial charge in [-0.3, -0.25) is 9.97 Å². The Morgan fingerprint density at radius 2 is 0.969 bits per heavy atom. The maximum atomic E-state index is 12.3. The van der Waals surface area contributed by atoms with Gasteiger partial charge in [0, 0.05) is 0 Å². The van der Waals surface area contributed by atoms with Crippen LogP contribution in [0.15, 0.2) is 48.8 Å². The van der Waals surface area contributed by atoms with E-state index in [-0.39, 0.29) is 35.8 Å². The molecule has 0 N–H and O–H groups in total. The molecule has 0 saturated carbocycles. The van der Waals surface area contributed by atoms with Crippen molar-refractivity contribution in [2.24, 2.45) is 0 Å². The third kappa shape index (κ3) is 6.64. The van der Waals surface area contributed by atoms with Crippen molar-refractivity contribution in [3.05, 3.63) is 71.3 Å². The predicted octanol–water partition coefficient (Wildman–Crippen LogP) is -0.0780. The average Bonchev–Trinajstić information content (AvgIpc) is 2.66. The molecule has 2 aromatic heterocycles. The van der Waals surface area contributed by atoms with Crippen LogP contribution in [0.3, 0.4) is 0 Å². The Morgan fingerprint density at radius 3 is 1.47 bits per heavy atom. The van der Waals surface area contributed by atoms with E-state index in [2.05, 4.69) is 19.9 Å². The molecule has 0 atom stereocenters. The number of nitrogens with zero attached hydrogens (tertiary/aromatic N) is 4.